The number of hydrogen-bond acceptors (Lipinski definition) is 9. The van der Waals surface area contributed by atoms with Gasteiger partial charge in [-0.2, -0.15) is 0 Å². The minimum atomic E-state index is -1.83. The number of pyridine rings is 1. The summed E-state index contributed by atoms with van der Waals surface area (Å²) in [7, 11) is 0. The zero-order valence-corrected chi connectivity index (χ0v) is 23.5. The summed E-state index contributed by atoms with van der Waals surface area (Å²) < 4.78 is 17.9. The van der Waals surface area contributed by atoms with Crippen LogP contribution in [0.25, 0.3) is 6.08 Å². The van der Waals surface area contributed by atoms with Crippen LogP contribution in [0.4, 0.5) is 5.69 Å². The molecule has 41 heavy (non-hydrogen) atoms. The van der Waals surface area contributed by atoms with Gasteiger partial charge in [0.15, 0.2) is 0 Å². The second-order valence-electron chi connectivity index (χ2n) is 11.3. The van der Waals surface area contributed by atoms with Gasteiger partial charge in [0.25, 0.3) is 5.56 Å². The van der Waals surface area contributed by atoms with Gasteiger partial charge in [-0.15, -0.1) is 0 Å². The Kier molecular flexibility index (Phi) is 7.23. The lowest BCUT2D eigenvalue weighted by atomic mass is 9.85. The number of nitrogens with one attached hydrogen (secondary N) is 2. The Morgan fingerprint density at radius 2 is 1.90 bits per heavy atom. The molecule has 0 fully saturated rings. The number of cyclic esters (lactones) is 1. The molecule has 3 aliphatic heterocycles. The van der Waals surface area contributed by atoms with Gasteiger partial charge in [-0.3, -0.25) is 19.2 Å². The van der Waals surface area contributed by atoms with E-state index in [1.807, 2.05) is 24.3 Å². The topological polar surface area (TPSA) is 142 Å². The van der Waals surface area contributed by atoms with Crippen molar-refractivity contribution in [1.82, 2.24) is 9.88 Å². The minimum absolute atomic E-state index is 0.0297. The lowest BCUT2D eigenvalue weighted by molar-refractivity contribution is -0.189. The lowest BCUT2D eigenvalue weighted by Gasteiger charge is -2.36. The highest BCUT2D eigenvalue weighted by atomic mass is 16.6. The molecule has 2 atom stereocenters. The molecule has 11 nitrogen and oxygen atoms in total. The molecule has 0 radical (unpaired) electrons. The van der Waals surface area contributed by atoms with E-state index in [1.165, 1.54) is 0 Å². The first kappa shape index (κ1) is 28.1. The van der Waals surface area contributed by atoms with E-state index in [0.717, 1.165) is 16.8 Å². The molecule has 0 aliphatic carbocycles. The molecule has 1 aromatic heterocycles. The van der Waals surface area contributed by atoms with E-state index in [9.17, 15) is 24.0 Å². The summed E-state index contributed by atoms with van der Waals surface area (Å²) in [5, 5.41) is 5.89. The summed E-state index contributed by atoms with van der Waals surface area (Å²) in [5.74, 6) is -2.73. The largest absolute Gasteiger partial charge is 0.459 e. The molecule has 1 amide bonds. The summed E-state index contributed by atoms with van der Waals surface area (Å²) in [6.45, 7) is 6.63. The van der Waals surface area contributed by atoms with Gasteiger partial charge in [-0.05, 0) is 56.5 Å². The fourth-order valence-electron chi connectivity index (χ4n) is 5.44. The maximum atomic E-state index is 13.6. The Labute approximate surface area is 236 Å². The number of anilines is 1. The van der Waals surface area contributed by atoms with E-state index in [0.29, 0.717) is 17.8 Å². The highest BCUT2D eigenvalue weighted by Crippen LogP contribution is 2.43. The summed E-state index contributed by atoms with van der Waals surface area (Å²) in [6.07, 6.45) is 1.48. The van der Waals surface area contributed by atoms with Gasteiger partial charge in [0.2, 0.25) is 11.5 Å². The third-order valence-electron chi connectivity index (χ3n) is 7.35. The number of nitrogens with zero attached hydrogens (tertiary/aromatic N) is 1. The standard InChI is InChI=1S/C30H33N3O8/c1-5-30(41-24(35)11-10-23(34)31-14-25(36)40-29(2,3)4)20-13-22-26-18(12-17-8-6-7-9-21(17)32-26)15-33(22)27(37)19(20)16-39-28(30)38/h6-9,12-13,26,32H,5,10-11,14-16H2,1-4H3,(H,31,34)/t26?,30-/m0/s1. The number of esters is 3. The van der Waals surface area contributed by atoms with Crippen LogP contribution < -0.4 is 16.2 Å². The first-order chi connectivity index (χ1) is 19.4. The summed E-state index contributed by atoms with van der Waals surface area (Å²) in [6, 6.07) is 9.31. The Hall–Kier alpha value is -4.41. The lowest BCUT2D eigenvalue weighted by Crippen LogP contribution is -2.47. The van der Waals surface area contributed by atoms with Gasteiger partial charge in [-0.25, -0.2) is 4.79 Å². The molecule has 0 bridgehead atoms. The number of aromatic nitrogens is 1. The van der Waals surface area contributed by atoms with Crippen LogP contribution in [-0.4, -0.2) is 40.5 Å². The third-order valence-corrected chi connectivity index (χ3v) is 7.35. The van der Waals surface area contributed by atoms with Crippen molar-refractivity contribution >= 4 is 35.6 Å². The highest BCUT2D eigenvalue weighted by Gasteiger charge is 2.50. The van der Waals surface area contributed by atoms with Gasteiger partial charge in [0.05, 0.1) is 18.0 Å². The van der Waals surface area contributed by atoms with E-state index < -0.39 is 35.0 Å². The molecule has 2 aromatic rings. The summed E-state index contributed by atoms with van der Waals surface area (Å²) in [5.41, 5.74) is 1.36. The summed E-state index contributed by atoms with van der Waals surface area (Å²) in [4.78, 5) is 63.8. The van der Waals surface area contributed by atoms with Gasteiger partial charge < -0.3 is 29.4 Å². The van der Waals surface area contributed by atoms with E-state index in [-0.39, 0.29) is 49.6 Å². The number of rotatable bonds is 7. The number of para-hydroxylation sites is 1. The van der Waals surface area contributed by atoms with Crippen LogP contribution in [0.1, 0.15) is 75.4 Å². The molecule has 3 aliphatic rings. The van der Waals surface area contributed by atoms with E-state index >= 15 is 0 Å². The van der Waals surface area contributed by atoms with Gasteiger partial charge in [-0.1, -0.05) is 25.1 Å². The molecular weight excluding hydrogens is 530 g/mol. The SMILES string of the molecule is CC[C@@]1(OC(=O)CCC(=O)NCC(=O)OC(C)(C)C)C(=O)OCc2c1cc1n(c2=O)CC2=Cc3ccccc3NC21. The first-order valence-electron chi connectivity index (χ1n) is 13.6. The number of hydrogen-bond donors (Lipinski definition) is 2. The maximum Gasteiger partial charge on any atom is 0.355 e. The van der Waals surface area contributed by atoms with Crippen molar-refractivity contribution < 1.29 is 33.4 Å². The summed E-state index contributed by atoms with van der Waals surface area (Å²) >= 11 is 0. The van der Waals surface area contributed by atoms with E-state index in [2.05, 4.69) is 16.7 Å². The monoisotopic (exact) mass is 563 g/mol. The molecule has 2 N–H and O–H groups in total. The van der Waals surface area contributed by atoms with Crippen molar-refractivity contribution in [2.24, 2.45) is 0 Å². The number of carbonyl (C=O) groups excluding carboxylic acids is 4. The molecule has 1 unspecified atom stereocenters. The van der Waals surface area contributed by atoms with Gasteiger partial charge in [0.1, 0.15) is 18.8 Å². The molecule has 5 rings (SSSR count). The van der Waals surface area contributed by atoms with Crippen molar-refractivity contribution in [3.8, 4) is 0 Å². The predicted octanol–water partition coefficient (Wildman–Crippen LogP) is 2.86. The zero-order chi connectivity index (χ0) is 29.5. The Morgan fingerprint density at radius 3 is 2.63 bits per heavy atom. The molecule has 0 saturated heterocycles. The molecular formula is C30H33N3O8. The highest BCUT2D eigenvalue weighted by molar-refractivity contribution is 5.88. The second-order valence-corrected chi connectivity index (χ2v) is 11.3. The van der Waals surface area contributed by atoms with Crippen molar-refractivity contribution in [3.05, 3.63) is 68.6 Å². The molecule has 11 heteroatoms. The number of fused-ring (bicyclic) bond motifs is 5. The average Bonchev–Trinajstić information content (AvgIpc) is 3.28. The number of benzene rings is 1. The predicted molar refractivity (Wildman–Crippen MR) is 147 cm³/mol. The quantitative estimate of drug-likeness (QED) is 0.384. The smallest absolute Gasteiger partial charge is 0.355 e. The second kappa shape index (κ2) is 10.5. The zero-order valence-electron chi connectivity index (χ0n) is 23.5. The fraction of sp³-hybridized carbons (Fsp3) is 0.433. The van der Waals surface area contributed by atoms with Gasteiger partial charge >= 0.3 is 17.9 Å². The number of ether oxygens (including phenoxy) is 3. The van der Waals surface area contributed by atoms with Crippen LogP contribution in [0.15, 0.2) is 40.7 Å². The Morgan fingerprint density at radius 1 is 1.15 bits per heavy atom. The van der Waals surface area contributed by atoms with Crippen molar-refractivity contribution in [2.75, 3.05) is 11.9 Å². The number of carbonyl (C=O) groups is 4. The van der Waals surface area contributed by atoms with Crippen LogP contribution in [0.5, 0.6) is 0 Å². The average molecular weight is 564 g/mol. The van der Waals surface area contributed by atoms with Crippen LogP contribution >= 0.6 is 0 Å². The van der Waals surface area contributed by atoms with Gasteiger partial charge in [0, 0.05) is 29.9 Å². The molecule has 0 saturated carbocycles. The molecule has 216 valence electrons. The van der Waals surface area contributed by atoms with Crippen molar-refractivity contribution in [1.29, 1.82) is 0 Å². The normalized spacial score (nSPS) is 20.2. The van der Waals surface area contributed by atoms with E-state index in [1.54, 1.807) is 38.3 Å². The van der Waals surface area contributed by atoms with Crippen LogP contribution in [0.2, 0.25) is 0 Å². The maximum absolute atomic E-state index is 13.6. The Balaban J connectivity index is 1.35. The van der Waals surface area contributed by atoms with Crippen LogP contribution in [0.3, 0.4) is 0 Å². The van der Waals surface area contributed by atoms with Crippen LogP contribution in [0, 0.1) is 0 Å². The fourth-order valence-corrected chi connectivity index (χ4v) is 5.44. The minimum Gasteiger partial charge on any atom is -0.459 e. The first-order valence-corrected chi connectivity index (χ1v) is 13.6. The Bertz CT molecular complexity index is 1530. The molecule has 0 spiro atoms. The van der Waals surface area contributed by atoms with E-state index in [4.69, 9.17) is 14.2 Å². The van der Waals surface area contributed by atoms with Crippen molar-refractivity contribution in [3.63, 3.8) is 0 Å². The van der Waals surface area contributed by atoms with Crippen LogP contribution in [-0.2, 0) is 52.1 Å². The number of amides is 1. The van der Waals surface area contributed by atoms with Crippen molar-refractivity contribution in [2.45, 2.75) is 77.4 Å². The third kappa shape index (κ3) is 5.36. The molecule has 4 heterocycles. The molecule has 1 aromatic carbocycles.